The van der Waals surface area contributed by atoms with Gasteiger partial charge in [-0.25, -0.2) is 19.3 Å². The van der Waals surface area contributed by atoms with E-state index in [4.69, 9.17) is 4.74 Å². The number of aromatic nitrogens is 3. The van der Waals surface area contributed by atoms with Crippen LogP contribution in [0.4, 0.5) is 0 Å². The van der Waals surface area contributed by atoms with Gasteiger partial charge in [0.05, 0.1) is 5.54 Å². The molecule has 1 aromatic heterocycles. The fraction of sp³-hybridized carbons (Fsp3) is 0.333. The van der Waals surface area contributed by atoms with E-state index in [2.05, 4.69) is 10.4 Å². The van der Waals surface area contributed by atoms with E-state index < -0.39 is 34.6 Å². The molecule has 2 rings (SSSR count). The maximum atomic E-state index is 13.0. The number of rotatable bonds is 6. The third-order valence-electron chi connectivity index (χ3n) is 3.79. The Labute approximate surface area is 160 Å². The molecule has 0 aliphatic carbocycles. The first-order chi connectivity index (χ1) is 13.0. The van der Waals surface area contributed by atoms with Crippen molar-refractivity contribution in [1.29, 1.82) is 0 Å². The molecule has 0 unspecified atom stereocenters. The fourth-order valence-electron chi connectivity index (χ4n) is 2.32. The highest BCUT2D eigenvalue weighted by atomic mass is 16.5. The molecule has 0 saturated carbocycles. The molecule has 0 atom stereocenters. The monoisotopic (exact) mass is 390 g/mol. The Morgan fingerprint density at radius 1 is 1.21 bits per heavy atom. The van der Waals surface area contributed by atoms with Crippen molar-refractivity contribution in [1.82, 2.24) is 19.7 Å². The molecule has 0 aliphatic rings. The van der Waals surface area contributed by atoms with E-state index >= 15 is 0 Å². The van der Waals surface area contributed by atoms with Gasteiger partial charge in [-0.2, -0.15) is 4.68 Å². The molecule has 2 aromatic rings. The van der Waals surface area contributed by atoms with Gasteiger partial charge in [0.2, 0.25) is 0 Å². The van der Waals surface area contributed by atoms with Crippen molar-refractivity contribution in [2.75, 3.05) is 6.61 Å². The Balaban J connectivity index is 2.55. The summed E-state index contributed by atoms with van der Waals surface area (Å²) in [7, 11) is 1.21. The summed E-state index contributed by atoms with van der Waals surface area (Å²) >= 11 is 0. The van der Waals surface area contributed by atoms with Gasteiger partial charge in [-0.15, -0.1) is 0 Å². The van der Waals surface area contributed by atoms with Crippen LogP contribution >= 0.6 is 0 Å². The highest BCUT2D eigenvalue weighted by molar-refractivity contribution is 6.00. The lowest BCUT2D eigenvalue weighted by Gasteiger charge is -2.28. The summed E-state index contributed by atoms with van der Waals surface area (Å²) in [5.74, 6) is -1.92. The van der Waals surface area contributed by atoms with Crippen LogP contribution < -0.4 is 16.7 Å². The van der Waals surface area contributed by atoms with Crippen LogP contribution in [0.25, 0.3) is 5.76 Å². The highest BCUT2D eigenvalue weighted by Gasteiger charge is 2.29. The van der Waals surface area contributed by atoms with Gasteiger partial charge < -0.3 is 15.2 Å². The van der Waals surface area contributed by atoms with E-state index in [1.807, 2.05) is 0 Å². The van der Waals surface area contributed by atoms with Crippen LogP contribution in [0.3, 0.4) is 0 Å². The topological polar surface area (TPSA) is 135 Å². The summed E-state index contributed by atoms with van der Waals surface area (Å²) in [5, 5.41) is 15.6. The van der Waals surface area contributed by atoms with Crippen molar-refractivity contribution in [2.24, 2.45) is 7.05 Å². The normalized spacial score (nSPS) is 12.3. The van der Waals surface area contributed by atoms with Crippen molar-refractivity contribution >= 4 is 17.6 Å². The number of hydrogen-bond acceptors (Lipinski definition) is 7. The maximum Gasteiger partial charge on any atom is 0.354 e. The van der Waals surface area contributed by atoms with Crippen molar-refractivity contribution in [3.8, 4) is 0 Å². The van der Waals surface area contributed by atoms with E-state index in [1.54, 1.807) is 44.2 Å². The van der Waals surface area contributed by atoms with Gasteiger partial charge in [-0.1, -0.05) is 30.3 Å². The van der Waals surface area contributed by atoms with Crippen LogP contribution in [-0.2, 0) is 16.6 Å². The predicted molar refractivity (Wildman–Crippen MR) is 101 cm³/mol. The number of carbonyl (C=O) groups excluding carboxylic acids is 2. The lowest BCUT2D eigenvalue weighted by Crippen LogP contribution is -2.47. The number of nitrogens with zero attached hydrogens (tertiary/aromatic N) is 2. The molecule has 0 bridgehead atoms. The van der Waals surface area contributed by atoms with Gasteiger partial charge in [-0.3, -0.25) is 9.59 Å². The number of ether oxygens (including phenoxy) is 1. The molecule has 3 N–H and O–H groups in total. The second-order valence-electron chi connectivity index (χ2n) is 6.78. The van der Waals surface area contributed by atoms with Gasteiger partial charge in [-0.05, 0) is 13.8 Å². The standard InChI is InChI=1S/C18H22N4O6/c1-11(23)28-10-18(2,3)19-13(14(24)12-8-6-5-7-9-12)15(25)22-17(27)21(4)16(26)20-22/h5-9,19,24H,10H2,1-4H3,(H,20,26)/b14-13+. The quantitative estimate of drug-likeness (QED) is 0.368. The third kappa shape index (κ3) is 4.58. The number of aromatic amines is 1. The Morgan fingerprint density at radius 3 is 2.32 bits per heavy atom. The first-order valence-electron chi connectivity index (χ1n) is 8.36. The average Bonchev–Trinajstić information content (AvgIpc) is 2.91. The van der Waals surface area contributed by atoms with Gasteiger partial charge >= 0.3 is 23.3 Å². The number of aliphatic hydroxyl groups is 1. The zero-order valence-electron chi connectivity index (χ0n) is 16.0. The summed E-state index contributed by atoms with van der Waals surface area (Å²) in [4.78, 5) is 47.9. The first-order valence-corrected chi connectivity index (χ1v) is 8.36. The number of aliphatic hydroxyl groups excluding tert-OH is 1. The molecule has 0 fully saturated rings. The molecule has 0 aliphatic heterocycles. The van der Waals surface area contributed by atoms with Crippen molar-refractivity contribution in [3.05, 3.63) is 62.6 Å². The Kier molecular flexibility index (Phi) is 5.92. The number of allylic oxidation sites excluding steroid dienone is 1. The summed E-state index contributed by atoms with van der Waals surface area (Å²) in [6.07, 6.45) is 0. The molecule has 1 heterocycles. The summed E-state index contributed by atoms with van der Waals surface area (Å²) in [6, 6.07) is 8.19. The van der Waals surface area contributed by atoms with Crippen LogP contribution in [0.2, 0.25) is 0 Å². The second-order valence-corrected chi connectivity index (χ2v) is 6.78. The fourth-order valence-corrected chi connectivity index (χ4v) is 2.32. The molecule has 0 spiro atoms. The van der Waals surface area contributed by atoms with Crippen molar-refractivity contribution in [3.63, 3.8) is 0 Å². The molecule has 0 saturated heterocycles. The molecular weight excluding hydrogens is 368 g/mol. The SMILES string of the molecule is CC(=O)OCC(C)(C)N/C(C(=O)n1[nH]c(=O)n(C)c1=O)=C(/O)c1ccccc1. The predicted octanol–water partition coefficient (Wildman–Crippen LogP) is 0.373. The zero-order valence-corrected chi connectivity index (χ0v) is 16.0. The number of nitrogens with one attached hydrogen (secondary N) is 2. The van der Waals surface area contributed by atoms with E-state index in [1.165, 1.54) is 14.0 Å². The molecule has 10 nitrogen and oxygen atoms in total. The van der Waals surface area contributed by atoms with Gasteiger partial charge in [0, 0.05) is 19.5 Å². The Hall–Kier alpha value is -3.56. The smallest absolute Gasteiger partial charge is 0.354 e. The zero-order chi connectivity index (χ0) is 21.1. The molecular formula is C18H22N4O6. The van der Waals surface area contributed by atoms with Crippen molar-refractivity contribution in [2.45, 2.75) is 26.3 Å². The van der Waals surface area contributed by atoms with Crippen LogP contribution in [0.15, 0.2) is 45.6 Å². The molecule has 0 radical (unpaired) electrons. The largest absolute Gasteiger partial charge is 0.505 e. The number of H-pyrrole nitrogens is 1. The summed E-state index contributed by atoms with van der Waals surface area (Å²) < 4.78 is 6.19. The third-order valence-corrected chi connectivity index (χ3v) is 3.79. The van der Waals surface area contributed by atoms with E-state index in [0.717, 1.165) is 4.57 Å². The van der Waals surface area contributed by atoms with Crippen LogP contribution in [0.1, 0.15) is 31.1 Å². The molecule has 1 aromatic carbocycles. The highest BCUT2D eigenvalue weighted by Crippen LogP contribution is 2.18. The maximum absolute atomic E-state index is 13.0. The number of benzene rings is 1. The first kappa shape index (κ1) is 20.7. The lowest BCUT2D eigenvalue weighted by atomic mass is 10.0. The second kappa shape index (κ2) is 7.99. The number of esters is 1. The van der Waals surface area contributed by atoms with E-state index in [-0.39, 0.29) is 12.3 Å². The Bertz CT molecular complexity index is 1030. The lowest BCUT2D eigenvalue weighted by molar-refractivity contribution is -0.142. The van der Waals surface area contributed by atoms with Gasteiger partial charge in [0.1, 0.15) is 12.3 Å². The summed E-state index contributed by atoms with van der Waals surface area (Å²) in [5.41, 5.74) is -2.68. The van der Waals surface area contributed by atoms with Crippen LogP contribution in [-0.4, -0.2) is 43.5 Å². The van der Waals surface area contributed by atoms with Crippen LogP contribution in [0.5, 0.6) is 0 Å². The van der Waals surface area contributed by atoms with E-state index in [0.29, 0.717) is 10.2 Å². The van der Waals surface area contributed by atoms with Crippen molar-refractivity contribution < 1.29 is 19.4 Å². The van der Waals surface area contributed by atoms with E-state index in [9.17, 15) is 24.3 Å². The molecule has 150 valence electrons. The Morgan fingerprint density at radius 2 is 1.82 bits per heavy atom. The summed E-state index contributed by atoms with van der Waals surface area (Å²) in [6.45, 7) is 4.41. The molecule has 10 heteroatoms. The number of hydrogen-bond donors (Lipinski definition) is 3. The minimum absolute atomic E-state index is 0.110. The number of carbonyl (C=O) groups is 2. The minimum atomic E-state index is -0.974. The van der Waals surface area contributed by atoms with Gasteiger partial charge in [0.15, 0.2) is 5.76 Å². The van der Waals surface area contributed by atoms with Crippen LogP contribution in [0, 0.1) is 0 Å². The molecule has 0 amide bonds. The average molecular weight is 390 g/mol. The molecule has 28 heavy (non-hydrogen) atoms. The van der Waals surface area contributed by atoms with Gasteiger partial charge in [0.25, 0.3) is 0 Å². The minimum Gasteiger partial charge on any atom is -0.505 e.